The van der Waals surface area contributed by atoms with Gasteiger partial charge in [0.25, 0.3) is 0 Å². The normalized spacial score (nSPS) is 10.5. The molecule has 2 aromatic carbocycles. The number of aryl methyl sites for hydroxylation is 2. The summed E-state index contributed by atoms with van der Waals surface area (Å²) in [5.41, 5.74) is 5.33. The molecule has 0 atom stereocenters. The Balaban J connectivity index is 2.13. The molecule has 0 aliphatic rings. The minimum Gasteiger partial charge on any atom is -0.214 e. The summed E-state index contributed by atoms with van der Waals surface area (Å²) in [6.45, 7) is 4.31. The summed E-state index contributed by atoms with van der Waals surface area (Å²) < 4.78 is 13.1. The van der Waals surface area contributed by atoms with Crippen LogP contribution in [0.15, 0.2) is 42.5 Å². The van der Waals surface area contributed by atoms with Gasteiger partial charge in [0.15, 0.2) is 0 Å². The average Bonchev–Trinajstić information content (AvgIpc) is 2.28. The van der Waals surface area contributed by atoms with E-state index in [2.05, 4.69) is 32.0 Å². The van der Waals surface area contributed by atoms with Gasteiger partial charge in [-0.05, 0) is 19.9 Å². The van der Waals surface area contributed by atoms with Gasteiger partial charge in [-0.25, -0.2) is 9.85 Å². The molecular formula is C15H17BF-. The smallest absolute Gasteiger partial charge is 0.120 e. The lowest BCUT2D eigenvalue weighted by molar-refractivity contribution is 0.629. The third-order valence-corrected chi connectivity index (χ3v) is 3.56. The fraction of sp³-hybridized carbons (Fsp3) is 0.200. The fourth-order valence-corrected chi connectivity index (χ4v) is 2.61. The van der Waals surface area contributed by atoms with E-state index < -0.39 is 0 Å². The highest BCUT2D eigenvalue weighted by Gasteiger charge is 1.99. The molecule has 0 N–H and O–H groups in total. The van der Waals surface area contributed by atoms with Gasteiger partial charge in [-0.15, -0.1) is 0 Å². The van der Waals surface area contributed by atoms with Crippen molar-refractivity contribution in [2.24, 2.45) is 0 Å². The molecule has 0 saturated heterocycles. The van der Waals surface area contributed by atoms with E-state index in [-0.39, 0.29) is 13.1 Å². The second kappa shape index (κ2) is 5.18. The van der Waals surface area contributed by atoms with E-state index in [1.807, 2.05) is 6.07 Å². The van der Waals surface area contributed by atoms with Gasteiger partial charge < -0.3 is 0 Å². The second-order valence-electron chi connectivity index (χ2n) is 4.88. The third kappa shape index (κ3) is 2.97. The Hall–Kier alpha value is -1.57. The van der Waals surface area contributed by atoms with Crippen molar-refractivity contribution >= 4 is 12.7 Å². The number of hydrogen-bond acceptors (Lipinski definition) is 0. The summed E-state index contributed by atoms with van der Waals surface area (Å²) in [5, 5.41) is 0. The Morgan fingerprint density at radius 1 is 1.00 bits per heavy atom. The standard InChI is InChI=1S/C15H17BF/c1-11-5-3-6-12(2)15(11)10-16-13-7-4-8-14(17)9-13/h3-9H,10,16H2,1-2H3/q-1. The molecule has 0 unspecified atom stereocenters. The van der Waals surface area contributed by atoms with E-state index in [1.54, 1.807) is 12.1 Å². The van der Waals surface area contributed by atoms with Crippen molar-refractivity contribution < 1.29 is 4.39 Å². The summed E-state index contributed by atoms with van der Waals surface area (Å²) in [6, 6.07) is 13.4. The Bertz CT molecular complexity index is 500. The van der Waals surface area contributed by atoms with E-state index in [0.29, 0.717) is 0 Å². The third-order valence-electron chi connectivity index (χ3n) is 3.56. The molecule has 17 heavy (non-hydrogen) atoms. The van der Waals surface area contributed by atoms with Crippen LogP contribution in [0.5, 0.6) is 0 Å². The van der Waals surface area contributed by atoms with Crippen LogP contribution in [-0.4, -0.2) is 7.28 Å². The van der Waals surface area contributed by atoms with E-state index in [4.69, 9.17) is 0 Å². The second-order valence-corrected chi connectivity index (χ2v) is 4.88. The molecule has 0 amide bonds. The van der Waals surface area contributed by atoms with Crippen LogP contribution in [0.1, 0.15) is 16.7 Å². The number of halogens is 1. The minimum atomic E-state index is -0.283. The molecule has 88 valence electrons. The molecule has 0 radical (unpaired) electrons. The molecule has 0 aromatic heterocycles. The van der Waals surface area contributed by atoms with Crippen LogP contribution in [0, 0.1) is 19.7 Å². The summed E-state index contributed by atoms with van der Waals surface area (Å²) in [6.07, 6.45) is 1.10. The van der Waals surface area contributed by atoms with Crippen molar-refractivity contribution in [1.29, 1.82) is 0 Å². The van der Waals surface area contributed by atoms with Crippen LogP contribution < -0.4 is 5.46 Å². The van der Waals surface area contributed by atoms with Crippen LogP contribution in [0.25, 0.3) is 0 Å². The first-order valence-corrected chi connectivity index (χ1v) is 6.32. The first-order valence-electron chi connectivity index (χ1n) is 6.32. The molecule has 0 bridgehead atoms. The molecule has 0 heterocycles. The monoisotopic (exact) mass is 227 g/mol. The van der Waals surface area contributed by atoms with Crippen LogP contribution >= 0.6 is 0 Å². The van der Waals surface area contributed by atoms with Gasteiger partial charge in [0.1, 0.15) is 5.82 Å². The van der Waals surface area contributed by atoms with Crippen LogP contribution in [0.2, 0.25) is 0 Å². The molecule has 0 nitrogen and oxygen atoms in total. The van der Waals surface area contributed by atoms with Crippen molar-refractivity contribution in [3.05, 3.63) is 65.0 Å². The lowest BCUT2D eigenvalue weighted by atomic mass is 9.64. The van der Waals surface area contributed by atoms with Gasteiger partial charge in [0, 0.05) is 7.28 Å². The predicted molar refractivity (Wildman–Crippen MR) is 74.2 cm³/mol. The molecular weight excluding hydrogens is 210 g/mol. The molecule has 0 spiro atoms. The van der Waals surface area contributed by atoms with Crippen LogP contribution in [0.3, 0.4) is 0 Å². The van der Waals surface area contributed by atoms with Crippen molar-refractivity contribution in [2.75, 3.05) is 0 Å². The van der Waals surface area contributed by atoms with Crippen molar-refractivity contribution in [3.63, 3.8) is 0 Å². The molecule has 2 rings (SSSR count). The first kappa shape index (κ1) is 11.9. The molecule has 0 aliphatic heterocycles. The first-order chi connectivity index (χ1) is 8.16. The topological polar surface area (TPSA) is 0 Å². The van der Waals surface area contributed by atoms with E-state index in [0.717, 1.165) is 6.32 Å². The fourth-order valence-electron chi connectivity index (χ4n) is 2.61. The quantitative estimate of drug-likeness (QED) is 0.706. The summed E-state index contributed by atoms with van der Waals surface area (Å²) in [7, 11) is -0.283. The Kier molecular flexibility index (Phi) is 3.63. The predicted octanol–water partition coefficient (Wildman–Crippen LogP) is 2.44. The maximum absolute atomic E-state index is 13.1. The number of rotatable bonds is 3. The molecule has 0 fully saturated rings. The van der Waals surface area contributed by atoms with Gasteiger partial charge in [-0.1, -0.05) is 53.1 Å². The lowest BCUT2D eigenvalue weighted by Gasteiger charge is -2.13. The molecule has 2 heteroatoms. The lowest BCUT2D eigenvalue weighted by Crippen LogP contribution is -2.17. The van der Waals surface area contributed by atoms with Gasteiger partial charge in [-0.2, -0.15) is 6.32 Å². The summed E-state index contributed by atoms with van der Waals surface area (Å²) in [4.78, 5) is 0. The SMILES string of the molecule is Cc1cccc(C)c1C[BH2-]c1cccc(F)c1. The van der Waals surface area contributed by atoms with Gasteiger partial charge in [0.2, 0.25) is 0 Å². The highest BCUT2D eigenvalue weighted by Crippen LogP contribution is 2.13. The zero-order chi connectivity index (χ0) is 12.3. The zero-order valence-electron chi connectivity index (χ0n) is 10.6. The molecule has 0 aliphatic carbocycles. The number of hydrogen-bond donors (Lipinski definition) is 0. The minimum absolute atomic E-state index is 0.118. The molecule has 2 aromatic rings. The molecule has 0 saturated carbocycles. The maximum atomic E-state index is 13.1. The zero-order valence-corrected chi connectivity index (χ0v) is 10.6. The van der Waals surface area contributed by atoms with Crippen LogP contribution in [0.4, 0.5) is 4.39 Å². The van der Waals surface area contributed by atoms with Crippen molar-refractivity contribution in [2.45, 2.75) is 20.2 Å². The van der Waals surface area contributed by atoms with Gasteiger partial charge >= 0.3 is 0 Å². The van der Waals surface area contributed by atoms with Crippen LogP contribution in [-0.2, 0) is 6.32 Å². The summed E-state index contributed by atoms with van der Waals surface area (Å²) >= 11 is 0. The summed E-state index contributed by atoms with van der Waals surface area (Å²) in [5.74, 6) is -0.118. The highest BCUT2D eigenvalue weighted by atomic mass is 19.1. The van der Waals surface area contributed by atoms with Crippen molar-refractivity contribution in [1.82, 2.24) is 0 Å². The highest BCUT2D eigenvalue weighted by molar-refractivity contribution is 6.52. The Morgan fingerprint density at radius 3 is 2.29 bits per heavy atom. The van der Waals surface area contributed by atoms with Gasteiger partial charge in [-0.3, -0.25) is 0 Å². The van der Waals surface area contributed by atoms with Crippen molar-refractivity contribution in [3.8, 4) is 0 Å². The van der Waals surface area contributed by atoms with E-state index in [9.17, 15) is 4.39 Å². The van der Waals surface area contributed by atoms with E-state index in [1.165, 1.54) is 28.2 Å². The Labute approximate surface area is 103 Å². The van der Waals surface area contributed by atoms with E-state index >= 15 is 0 Å². The maximum Gasteiger partial charge on any atom is 0.120 e. The number of benzene rings is 2. The largest absolute Gasteiger partial charge is 0.214 e. The average molecular weight is 227 g/mol. The Morgan fingerprint density at radius 2 is 1.65 bits per heavy atom. The van der Waals surface area contributed by atoms with Gasteiger partial charge in [0.05, 0.1) is 0 Å².